The molecule has 1 rings (SSSR count). The van der Waals surface area contributed by atoms with Crippen molar-refractivity contribution >= 4 is 22.4 Å². The summed E-state index contributed by atoms with van der Waals surface area (Å²) in [5.74, 6) is 0.220. The summed E-state index contributed by atoms with van der Waals surface area (Å²) in [6, 6.07) is 5.18. The summed E-state index contributed by atoms with van der Waals surface area (Å²) in [5.41, 5.74) is 7.72. The highest BCUT2D eigenvalue weighted by molar-refractivity contribution is 7.84. The van der Waals surface area contributed by atoms with Crippen molar-refractivity contribution in [3.05, 3.63) is 29.3 Å². The fraction of sp³-hybridized carbons (Fsp3) is 0.417. The van der Waals surface area contributed by atoms with E-state index in [1.165, 1.54) is 0 Å². The number of nitrogens with two attached hydrogens (primary N) is 1. The van der Waals surface area contributed by atoms with Gasteiger partial charge in [-0.15, -0.1) is 0 Å². The predicted octanol–water partition coefficient (Wildman–Crippen LogP) is 1.07. The SMILES string of the molecule is Cc1ccc(C(=O)NC(C)CS(C)=O)c(N)c1. The molecule has 0 aliphatic carbocycles. The van der Waals surface area contributed by atoms with E-state index in [4.69, 9.17) is 5.73 Å². The van der Waals surface area contributed by atoms with Crippen molar-refractivity contribution in [3.8, 4) is 0 Å². The number of nitrogen functional groups attached to an aromatic ring is 1. The van der Waals surface area contributed by atoms with Gasteiger partial charge in [0.25, 0.3) is 5.91 Å². The molecule has 2 unspecified atom stereocenters. The minimum Gasteiger partial charge on any atom is -0.398 e. The van der Waals surface area contributed by atoms with Gasteiger partial charge in [-0.05, 0) is 31.5 Å². The number of hydrogen-bond donors (Lipinski definition) is 2. The van der Waals surface area contributed by atoms with Crippen LogP contribution in [0, 0.1) is 6.92 Å². The smallest absolute Gasteiger partial charge is 0.253 e. The van der Waals surface area contributed by atoms with Crippen LogP contribution in [0.5, 0.6) is 0 Å². The molecule has 0 aliphatic heterocycles. The summed E-state index contributed by atoms with van der Waals surface area (Å²) >= 11 is 0. The number of benzene rings is 1. The van der Waals surface area contributed by atoms with Crippen molar-refractivity contribution in [1.29, 1.82) is 0 Å². The molecule has 0 saturated heterocycles. The van der Waals surface area contributed by atoms with Crippen LogP contribution in [0.25, 0.3) is 0 Å². The van der Waals surface area contributed by atoms with E-state index in [9.17, 15) is 9.00 Å². The normalized spacial score (nSPS) is 14.1. The Balaban J connectivity index is 2.73. The first-order chi connectivity index (χ1) is 7.90. The van der Waals surface area contributed by atoms with Gasteiger partial charge in [0.2, 0.25) is 0 Å². The van der Waals surface area contributed by atoms with Crippen LogP contribution in [0.3, 0.4) is 0 Å². The van der Waals surface area contributed by atoms with E-state index in [1.807, 2.05) is 19.9 Å². The van der Waals surface area contributed by atoms with Crippen LogP contribution >= 0.6 is 0 Å². The fourth-order valence-corrected chi connectivity index (χ4v) is 2.37. The topological polar surface area (TPSA) is 72.2 Å². The Morgan fingerprint density at radius 3 is 2.71 bits per heavy atom. The molecule has 0 fully saturated rings. The molecule has 0 bridgehead atoms. The number of amides is 1. The molecule has 1 amide bonds. The monoisotopic (exact) mass is 254 g/mol. The quantitative estimate of drug-likeness (QED) is 0.790. The molecule has 0 radical (unpaired) electrons. The van der Waals surface area contributed by atoms with Crippen molar-refractivity contribution in [2.45, 2.75) is 19.9 Å². The summed E-state index contributed by atoms with van der Waals surface area (Å²) in [4.78, 5) is 11.9. The van der Waals surface area contributed by atoms with Gasteiger partial charge in [0, 0.05) is 34.5 Å². The lowest BCUT2D eigenvalue weighted by molar-refractivity contribution is 0.0944. The summed E-state index contributed by atoms with van der Waals surface area (Å²) in [6.45, 7) is 3.74. The first-order valence-electron chi connectivity index (χ1n) is 5.37. The second-order valence-electron chi connectivity index (χ2n) is 4.21. The molecule has 1 aromatic rings. The second-order valence-corrected chi connectivity index (χ2v) is 5.68. The average Bonchev–Trinajstić information content (AvgIpc) is 2.15. The van der Waals surface area contributed by atoms with Crippen molar-refractivity contribution < 1.29 is 9.00 Å². The fourth-order valence-electron chi connectivity index (χ4n) is 1.58. The molecule has 0 saturated carbocycles. The Hall–Kier alpha value is -1.36. The van der Waals surface area contributed by atoms with E-state index in [-0.39, 0.29) is 11.9 Å². The lowest BCUT2D eigenvalue weighted by Gasteiger charge is -2.13. The minimum atomic E-state index is -0.923. The average molecular weight is 254 g/mol. The van der Waals surface area contributed by atoms with Gasteiger partial charge in [-0.3, -0.25) is 9.00 Å². The summed E-state index contributed by atoms with van der Waals surface area (Å²) < 4.78 is 11.0. The van der Waals surface area contributed by atoms with E-state index >= 15 is 0 Å². The van der Waals surface area contributed by atoms with E-state index in [1.54, 1.807) is 18.4 Å². The first kappa shape index (κ1) is 13.7. The highest BCUT2D eigenvalue weighted by Crippen LogP contribution is 2.13. The van der Waals surface area contributed by atoms with Crippen LogP contribution in [-0.4, -0.2) is 28.2 Å². The van der Waals surface area contributed by atoms with E-state index in [2.05, 4.69) is 5.32 Å². The van der Waals surface area contributed by atoms with E-state index in [0.29, 0.717) is 17.0 Å². The van der Waals surface area contributed by atoms with Crippen LogP contribution in [0.4, 0.5) is 5.69 Å². The third-order valence-corrected chi connectivity index (χ3v) is 3.28. The minimum absolute atomic E-state index is 0.131. The van der Waals surface area contributed by atoms with Gasteiger partial charge in [-0.25, -0.2) is 0 Å². The highest BCUT2D eigenvalue weighted by atomic mass is 32.2. The van der Waals surface area contributed by atoms with Gasteiger partial charge >= 0.3 is 0 Å². The molecule has 0 heterocycles. The number of carbonyl (C=O) groups excluding carboxylic acids is 1. The zero-order chi connectivity index (χ0) is 13.0. The van der Waals surface area contributed by atoms with Crippen molar-refractivity contribution in [3.63, 3.8) is 0 Å². The lowest BCUT2D eigenvalue weighted by atomic mass is 10.1. The number of nitrogens with one attached hydrogen (secondary N) is 1. The Bertz CT molecular complexity index is 446. The lowest BCUT2D eigenvalue weighted by Crippen LogP contribution is -2.36. The highest BCUT2D eigenvalue weighted by Gasteiger charge is 2.13. The summed E-state index contributed by atoms with van der Waals surface area (Å²) in [7, 11) is -0.923. The maximum atomic E-state index is 11.9. The zero-order valence-electron chi connectivity index (χ0n) is 10.3. The van der Waals surface area contributed by atoms with Gasteiger partial charge < -0.3 is 11.1 Å². The van der Waals surface area contributed by atoms with E-state index < -0.39 is 10.8 Å². The third kappa shape index (κ3) is 4.19. The maximum Gasteiger partial charge on any atom is 0.253 e. The molecule has 4 nitrogen and oxygen atoms in total. The largest absolute Gasteiger partial charge is 0.398 e. The number of rotatable bonds is 4. The number of carbonyl (C=O) groups is 1. The first-order valence-corrected chi connectivity index (χ1v) is 7.10. The molecular weight excluding hydrogens is 236 g/mol. The molecule has 0 spiro atoms. The summed E-state index contributed by atoms with van der Waals surface area (Å²) in [5, 5.41) is 2.78. The van der Waals surface area contributed by atoms with Crippen LogP contribution < -0.4 is 11.1 Å². The van der Waals surface area contributed by atoms with Gasteiger partial charge in [-0.1, -0.05) is 6.07 Å². The zero-order valence-corrected chi connectivity index (χ0v) is 11.1. The van der Waals surface area contributed by atoms with Gasteiger partial charge in [0.15, 0.2) is 0 Å². The van der Waals surface area contributed by atoms with Crippen LogP contribution in [0.1, 0.15) is 22.8 Å². The van der Waals surface area contributed by atoms with Crippen molar-refractivity contribution in [2.75, 3.05) is 17.7 Å². The van der Waals surface area contributed by atoms with Gasteiger partial charge in [-0.2, -0.15) is 0 Å². The Kier molecular flexibility index (Phi) is 4.69. The molecule has 3 N–H and O–H groups in total. The third-order valence-electron chi connectivity index (χ3n) is 2.31. The number of hydrogen-bond acceptors (Lipinski definition) is 3. The Morgan fingerprint density at radius 1 is 1.53 bits per heavy atom. The molecule has 1 aromatic carbocycles. The molecule has 2 atom stereocenters. The van der Waals surface area contributed by atoms with E-state index in [0.717, 1.165) is 5.56 Å². The molecule has 17 heavy (non-hydrogen) atoms. The van der Waals surface area contributed by atoms with Crippen molar-refractivity contribution in [2.24, 2.45) is 0 Å². The van der Waals surface area contributed by atoms with Crippen LogP contribution in [0.15, 0.2) is 18.2 Å². The second kappa shape index (κ2) is 5.82. The van der Waals surface area contributed by atoms with Gasteiger partial charge in [0.1, 0.15) is 0 Å². The molecular formula is C12H18N2O2S. The summed E-state index contributed by atoms with van der Waals surface area (Å²) in [6.07, 6.45) is 1.61. The molecule has 5 heteroatoms. The van der Waals surface area contributed by atoms with Crippen LogP contribution in [0.2, 0.25) is 0 Å². The maximum absolute atomic E-state index is 11.9. The Morgan fingerprint density at radius 2 is 2.18 bits per heavy atom. The molecule has 0 aliphatic rings. The number of anilines is 1. The molecule has 0 aromatic heterocycles. The Labute approximate surface area is 104 Å². The van der Waals surface area contributed by atoms with Crippen molar-refractivity contribution in [1.82, 2.24) is 5.32 Å². The van der Waals surface area contributed by atoms with Gasteiger partial charge in [0.05, 0.1) is 5.56 Å². The van der Waals surface area contributed by atoms with Crippen LogP contribution in [-0.2, 0) is 10.8 Å². The number of aryl methyl sites for hydroxylation is 1. The predicted molar refractivity (Wildman–Crippen MR) is 71.5 cm³/mol. The standard InChI is InChI=1S/C12H18N2O2S/c1-8-4-5-10(11(13)6-8)12(15)14-9(2)7-17(3)16/h4-6,9H,7,13H2,1-3H3,(H,14,15). The molecule has 94 valence electrons.